The molecule has 6 aliphatic heterocycles. The monoisotopic (exact) mass is 1990 g/mol. The summed E-state index contributed by atoms with van der Waals surface area (Å²) in [4.78, 5) is 105. The summed E-state index contributed by atoms with van der Waals surface area (Å²) in [5.41, 5.74) is 14.8. The van der Waals surface area contributed by atoms with E-state index in [1.54, 1.807) is 52.0 Å². The summed E-state index contributed by atoms with van der Waals surface area (Å²) < 4.78 is 26.9. The van der Waals surface area contributed by atoms with Gasteiger partial charge in [0.25, 0.3) is 29.5 Å². The van der Waals surface area contributed by atoms with Crippen LogP contribution in [0.4, 0.5) is 45.6 Å². The van der Waals surface area contributed by atoms with Gasteiger partial charge in [0.2, 0.25) is 0 Å². The average Bonchev–Trinajstić information content (AvgIpc) is 1.66. The second-order valence-corrected chi connectivity index (χ2v) is 37.3. The Bertz CT molecular complexity index is 7370. The normalized spacial score (nSPS) is 17.0. The van der Waals surface area contributed by atoms with Crippen LogP contribution >= 0.6 is 58.8 Å². The van der Waals surface area contributed by atoms with Crippen molar-refractivity contribution >= 4 is 190 Å². The van der Waals surface area contributed by atoms with Crippen molar-refractivity contribution in [2.75, 3.05) is 59.0 Å². The number of thioether (sulfide) groups is 5. The molecule has 0 bridgehead atoms. The molecule has 7 heterocycles. The molecule has 0 aliphatic carbocycles. The number of hydrogen-bond donors (Lipinski definition) is 0. The van der Waals surface area contributed by atoms with E-state index in [9.17, 15) is 24.0 Å². The highest BCUT2D eigenvalue weighted by atomic mass is 32.2. The number of rotatable bonds is 20. The molecule has 0 saturated carbocycles. The first-order chi connectivity index (χ1) is 70.6. The lowest BCUT2D eigenvalue weighted by molar-refractivity contribution is -0.114. The maximum Gasteiger partial charge on any atom is 0.271 e. The number of aryl methyl sites for hydroxylation is 2. The lowest BCUT2D eigenvalue weighted by Crippen LogP contribution is -2.28. The molecule has 0 atom stereocenters. The zero-order chi connectivity index (χ0) is 99.3. The van der Waals surface area contributed by atoms with E-state index in [0.29, 0.717) is 88.2 Å². The van der Waals surface area contributed by atoms with Crippen molar-refractivity contribution in [1.29, 1.82) is 0 Å². The molecule has 6 aliphatic rings. The largest absolute Gasteiger partial charge is 0.497 e. The first-order valence-electron chi connectivity index (χ1n) is 45.9. The molecule has 21 nitrogen and oxygen atoms in total. The third-order valence-electron chi connectivity index (χ3n) is 22.1. The molecule has 1 aromatic heterocycles. The van der Waals surface area contributed by atoms with Gasteiger partial charge < -0.3 is 23.7 Å². The molecular weight excluding hydrogens is 1890 g/mol. The van der Waals surface area contributed by atoms with Gasteiger partial charge >= 0.3 is 0 Å². The van der Waals surface area contributed by atoms with Crippen LogP contribution < -0.4 is 48.2 Å². The number of amidine groups is 5. The van der Waals surface area contributed by atoms with Crippen molar-refractivity contribution in [3.63, 3.8) is 0 Å². The highest BCUT2D eigenvalue weighted by Crippen LogP contribution is 2.44. The Hall–Kier alpha value is -16.6. The highest BCUT2D eigenvalue weighted by Gasteiger charge is 2.40. The average molecular weight is 1990 g/mol. The van der Waals surface area contributed by atoms with Crippen molar-refractivity contribution in [1.82, 2.24) is 4.98 Å². The number of methoxy groups -OCH3 is 3. The first-order valence-corrected chi connectivity index (χ1v) is 50.0. The fourth-order valence-corrected chi connectivity index (χ4v) is 19.8. The standard InChI is InChI=1S/C25H20N2O3S.2C24H20N2O2S.C23H18N2O2S.C22H17N3OS/c28-24-23(16-19-11-12-21-22(15-19)30-14-13-29-21)31-25(26-17-18-7-3-1-4-8-18)27(24)20-9-5-2-6-10-20;1-17-8-12-19(13-9-17)25-24-26(20-6-4-3-5-7-20)23(27)22(29-24)16-18-10-14-21(28-2)15-11-18;1-28-21-14-12-18(13-15-21)16-22-23(27)26(20-10-6-3-7-11-20)24(29-22)25-17-19-8-4-2-5-9-19;1-27-20-14-12-18(13-15-20)24-23-25(19-10-6-3-7-11-19)22(26)21(28-23)16-17-8-4-2-5-9-17;1-16-12-13-20(23-15-16)24-22-25(18-10-6-3-7-11-18)21(26)19(27-22)14-17-8-4-2-5-9-17/h1-12,15-16H,13-14,17H2;3-16H,1-2H3;2-16H,17H2,1H3;2-16H,1H3;2-15H,1H3/b23-16-,26-25?;2*22-16-,25-24?;21-16-,24-23?;19-14-,24-22?. The Labute approximate surface area is 857 Å². The number of para-hydroxylation sites is 5. The Kier molecular flexibility index (Phi) is 33.7. The lowest BCUT2D eigenvalue weighted by Gasteiger charge is -2.18. The van der Waals surface area contributed by atoms with Crippen LogP contribution in [-0.4, -0.2) is 94.9 Å². The number of amides is 5. The number of fused-ring (bicyclic) bond motifs is 1. The smallest absolute Gasteiger partial charge is 0.271 e. The zero-order valence-corrected chi connectivity index (χ0v) is 83.0. The number of aliphatic imine (C=N–C) groups is 5. The van der Waals surface area contributed by atoms with Crippen LogP contribution in [0.25, 0.3) is 30.4 Å². The number of benzene rings is 14. The van der Waals surface area contributed by atoms with E-state index in [0.717, 1.165) is 107 Å². The Morgan fingerprint density at radius 1 is 0.285 bits per heavy atom. The van der Waals surface area contributed by atoms with Crippen molar-refractivity contribution in [2.45, 2.75) is 26.9 Å². The van der Waals surface area contributed by atoms with Crippen LogP contribution in [0, 0.1) is 13.8 Å². The number of nitrogens with zero attached hydrogens (tertiary/aromatic N) is 11. The summed E-state index contributed by atoms with van der Waals surface area (Å²) in [7, 11) is 4.90. The maximum absolute atomic E-state index is 13.3. The summed E-state index contributed by atoms with van der Waals surface area (Å²) in [6.07, 6.45) is 11.2. The Balaban J connectivity index is 0.000000124. The van der Waals surface area contributed by atoms with Gasteiger partial charge in [0.15, 0.2) is 43.2 Å². The zero-order valence-electron chi connectivity index (χ0n) is 78.9. The maximum atomic E-state index is 13.3. The molecule has 21 rings (SSSR count). The number of ether oxygens (including phenoxy) is 5. The van der Waals surface area contributed by atoms with E-state index in [2.05, 4.69) is 9.98 Å². The molecule has 144 heavy (non-hydrogen) atoms. The van der Waals surface area contributed by atoms with Crippen molar-refractivity contribution < 1.29 is 47.7 Å². The third kappa shape index (κ3) is 26.0. The molecule has 15 aromatic rings. The van der Waals surface area contributed by atoms with Gasteiger partial charge in [-0.3, -0.25) is 58.5 Å². The van der Waals surface area contributed by atoms with Crippen LogP contribution in [0.2, 0.25) is 0 Å². The third-order valence-corrected chi connectivity index (χ3v) is 27.1. The fraction of sp³-hybridized carbons (Fsp3) is 0.0763. The number of anilines is 5. The van der Waals surface area contributed by atoms with Gasteiger partial charge in [-0.25, -0.2) is 20.0 Å². The fourth-order valence-electron chi connectivity index (χ4n) is 14.8. The van der Waals surface area contributed by atoms with Gasteiger partial charge in [-0.15, -0.1) is 0 Å². The molecule has 712 valence electrons. The van der Waals surface area contributed by atoms with Gasteiger partial charge in [-0.2, -0.15) is 0 Å². The summed E-state index contributed by atoms with van der Waals surface area (Å²) >= 11 is 6.91. The summed E-state index contributed by atoms with van der Waals surface area (Å²) in [6, 6.07) is 128. The van der Waals surface area contributed by atoms with Crippen LogP contribution in [0.15, 0.2) is 456 Å². The predicted molar refractivity (Wildman–Crippen MR) is 593 cm³/mol. The minimum Gasteiger partial charge on any atom is -0.497 e. The van der Waals surface area contributed by atoms with Gasteiger partial charge in [-0.05, 0) is 287 Å². The van der Waals surface area contributed by atoms with Gasteiger partial charge in [0, 0.05) is 6.20 Å². The van der Waals surface area contributed by atoms with E-state index in [4.69, 9.17) is 43.7 Å². The molecule has 0 radical (unpaired) electrons. The molecule has 0 N–H and O–H groups in total. The molecule has 0 spiro atoms. The molecule has 5 amide bonds. The summed E-state index contributed by atoms with van der Waals surface area (Å²) in [5.74, 6) is 3.96. The molecule has 26 heteroatoms. The second kappa shape index (κ2) is 49.0. The SMILES string of the molecule is COc1ccc(/C=C2\SC(=NCc3ccccc3)N(c3ccccc3)C2=O)cc1.COc1ccc(/C=C2\SC(=Nc3ccc(C)cc3)N(c3ccccc3)C2=O)cc1.COc1ccc(N=C2S/C(=C\c3ccccc3)C(=O)N2c2ccccc2)cc1.Cc1ccc(N=C2S/C(=C\c3ccccc3)C(=O)N2c2ccccc2)nc1.O=C1/C(=C/c2ccc3c(c2)OCCO3)SC(=NCc2ccccc2)N1c1ccccc1. The van der Waals surface area contributed by atoms with Crippen LogP contribution in [-0.2, 0) is 37.1 Å². The van der Waals surface area contributed by atoms with Gasteiger partial charge in [0.1, 0.15) is 30.5 Å². The number of pyridine rings is 1. The second-order valence-electron chi connectivity index (χ2n) is 32.3. The van der Waals surface area contributed by atoms with Gasteiger partial charge in [-0.1, -0.05) is 266 Å². The molecule has 5 saturated heterocycles. The van der Waals surface area contributed by atoms with Crippen LogP contribution in [0.3, 0.4) is 0 Å². The predicted octanol–water partition coefficient (Wildman–Crippen LogP) is 27.0. The van der Waals surface area contributed by atoms with Crippen LogP contribution in [0.1, 0.15) is 50.1 Å². The summed E-state index contributed by atoms with van der Waals surface area (Å²) in [5, 5.41) is 3.23. The quantitative estimate of drug-likeness (QED) is 0.0647. The van der Waals surface area contributed by atoms with E-state index < -0.39 is 0 Å². The Morgan fingerprint density at radius 2 is 0.556 bits per heavy atom. The van der Waals surface area contributed by atoms with Crippen molar-refractivity contribution in [3.05, 3.63) is 481 Å². The first kappa shape index (κ1) is 99.0. The van der Waals surface area contributed by atoms with E-state index in [1.807, 2.05) is 445 Å². The number of hydrogen-bond acceptors (Lipinski definition) is 21. The Morgan fingerprint density at radius 3 is 0.889 bits per heavy atom. The van der Waals surface area contributed by atoms with E-state index in [-0.39, 0.29) is 29.5 Å². The molecule has 5 fully saturated rings. The van der Waals surface area contributed by atoms with Crippen LogP contribution in [0.5, 0.6) is 28.7 Å². The highest BCUT2D eigenvalue weighted by molar-refractivity contribution is 8.20. The lowest BCUT2D eigenvalue weighted by atomic mass is 10.1. The summed E-state index contributed by atoms with van der Waals surface area (Å²) in [6.45, 7) is 6.13. The number of aromatic nitrogens is 1. The van der Waals surface area contributed by atoms with Crippen molar-refractivity contribution in [2.24, 2.45) is 25.0 Å². The number of carbonyl (C=O) groups is 5. The van der Waals surface area contributed by atoms with Gasteiger partial charge in [0.05, 0.1) is 98.8 Å². The minimum absolute atomic E-state index is 0.0659. The topological polar surface area (TPSA) is 222 Å². The number of carbonyl (C=O) groups excluding carboxylic acids is 5. The minimum atomic E-state index is -0.0853. The molecule has 14 aromatic carbocycles. The molecular formula is C118H95N11O10S5. The van der Waals surface area contributed by atoms with E-state index in [1.165, 1.54) is 64.4 Å². The van der Waals surface area contributed by atoms with E-state index >= 15 is 0 Å². The molecule has 0 unspecified atom stereocenters. The van der Waals surface area contributed by atoms with Crippen molar-refractivity contribution in [3.8, 4) is 28.7 Å².